The van der Waals surface area contributed by atoms with Gasteiger partial charge in [-0.3, -0.25) is 0 Å². The average molecular weight is 140 g/mol. The number of ether oxygens (including phenoxy) is 2. The number of nitrogens with one attached hydrogen (secondary N) is 1. The summed E-state index contributed by atoms with van der Waals surface area (Å²) < 4.78 is 9.76. The largest absolute Gasteiger partial charge is 0.469 e. The van der Waals surface area contributed by atoms with Crippen molar-refractivity contribution in [1.29, 1.82) is 5.53 Å². The van der Waals surface area contributed by atoms with Crippen LogP contribution in [0.2, 0.25) is 0 Å². The molecule has 10 heavy (non-hydrogen) atoms. The van der Waals surface area contributed by atoms with Gasteiger partial charge >= 0.3 is 0 Å². The molecule has 0 atom stereocenters. The third kappa shape index (κ3) is 1.34. The maximum atomic E-state index is 6.66. The highest BCUT2D eigenvalue weighted by Gasteiger charge is 2.03. The van der Waals surface area contributed by atoms with Crippen LogP contribution in [0.4, 0.5) is 0 Å². The van der Waals surface area contributed by atoms with Gasteiger partial charge in [0.05, 0.1) is 12.8 Å². The third-order valence-electron chi connectivity index (χ3n) is 1.11. The second kappa shape index (κ2) is 3.00. The molecule has 0 amide bonds. The fourth-order valence-electron chi connectivity index (χ4n) is 0.626. The van der Waals surface area contributed by atoms with Crippen molar-refractivity contribution in [2.24, 2.45) is 5.11 Å². The number of allylic oxidation sites excluding steroid dienone is 1. The highest BCUT2D eigenvalue weighted by Crippen LogP contribution is 2.11. The maximum Gasteiger partial charge on any atom is 0.281 e. The summed E-state index contributed by atoms with van der Waals surface area (Å²) in [6, 6.07) is 0. The van der Waals surface area contributed by atoms with Crippen LogP contribution in [-0.4, -0.2) is 13.7 Å². The number of methoxy groups -OCH3 is 1. The van der Waals surface area contributed by atoms with Crippen LogP contribution in [0.1, 0.15) is 0 Å². The summed E-state index contributed by atoms with van der Waals surface area (Å²) in [4.78, 5) is 0. The van der Waals surface area contributed by atoms with Gasteiger partial charge < -0.3 is 9.47 Å². The van der Waals surface area contributed by atoms with E-state index >= 15 is 0 Å². The normalized spacial score (nSPS) is 16.5. The maximum absolute atomic E-state index is 6.66. The zero-order valence-corrected chi connectivity index (χ0v) is 5.63. The molecule has 0 saturated heterocycles. The molecular formula is C6H8N2O2. The minimum absolute atomic E-state index is 0.411. The van der Waals surface area contributed by atoms with E-state index in [1.165, 1.54) is 7.11 Å². The van der Waals surface area contributed by atoms with Crippen molar-refractivity contribution >= 4 is 0 Å². The summed E-state index contributed by atoms with van der Waals surface area (Å²) in [6.45, 7) is 0.428. The Hall–Kier alpha value is -1.32. The standard InChI is InChI=1S/C6H8N2O2/c1-9-6-4-5(8-7)2-3-10-6/h2,4,7H,3H2,1H3. The fourth-order valence-corrected chi connectivity index (χ4v) is 0.626. The van der Waals surface area contributed by atoms with E-state index in [1.54, 1.807) is 12.2 Å². The number of nitrogens with zero attached hydrogens (tertiary/aromatic N) is 1. The lowest BCUT2D eigenvalue weighted by molar-refractivity contribution is 0.0732. The first-order valence-corrected chi connectivity index (χ1v) is 2.83. The molecule has 0 aromatic heterocycles. The van der Waals surface area contributed by atoms with Crippen LogP contribution in [0.5, 0.6) is 0 Å². The quantitative estimate of drug-likeness (QED) is 0.589. The van der Waals surface area contributed by atoms with Crippen molar-refractivity contribution in [3.63, 3.8) is 0 Å². The van der Waals surface area contributed by atoms with E-state index in [1.807, 2.05) is 0 Å². The molecule has 1 aliphatic rings. The molecule has 0 aromatic carbocycles. The third-order valence-corrected chi connectivity index (χ3v) is 1.11. The van der Waals surface area contributed by atoms with E-state index in [4.69, 9.17) is 15.0 Å². The fraction of sp³-hybridized carbons (Fsp3) is 0.333. The Morgan fingerprint density at radius 3 is 3.20 bits per heavy atom. The van der Waals surface area contributed by atoms with Gasteiger partial charge in [-0.25, -0.2) is 5.53 Å². The van der Waals surface area contributed by atoms with Crippen LogP contribution < -0.4 is 0 Å². The van der Waals surface area contributed by atoms with E-state index in [0.29, 0.717) is 18.2 Å². The number of hydrogen-bond acceptors (Lipinski definition) is 4. The van der Waals surface area contributed by atoms with Crippen LogP contribution in [0, 0.1) is 5.53 Å². The summed E-state index contributed by atoms with van der Waals surface area (Å²) in [5.41, 5.74) is 7.24. The number of rotatable bonds is 2. The van der Waals surface area contributed by atoms with Gasteiger partial charge in [0.25, 0.3) is 5.95 Å². The molecule has 4 nitrogen and oxygen atoms in total. The molecule has 0 bridgehead atoms. The second-order valence-electron chi connectivity index (χ2n) is 1.72. The van der Waals surface area contributed by atoms with Crippen LogP contribution >= 0.6 is 0 Å². The van der Waals surface area contributed by atoms with Gasteiger partial charge in [-0.2, -0.15) is 5.11 Å². The van der Waals surface area contributed by atoms with E-state index in [2.05, 4.69) is 5.11 Å². The Morgan fingerprint density at radius 2 is 2.60 bits per heavy atom. The van der Waals surface area contributed by atoms with E-state index < -0.39 is 0 Å². The van der Waals surface area contributed by atoms with Crippen LogP contribution in [0.3, 0.4) is 0 Å². The van der Waals surface area contributed by atoms with Gasteiger partial charge in [-0.05, 0) is 6.08 Å². The van der Waals surface area contributed by atoms with Gasteiger partial charge in [-0.15, -0.1) is 0 Å². The van der Waals surface area contributed by atoms with Gasteiger partial charge in [0, 0.05) is 6.08 Å². The average Bonchev–Trinajstić information content (AvgIpc) is 2.05. The Kier molecular flexibility index (Phi) is 2.04. The molecule has 0 spiro atoms. The first-order chi connectivity index (χ1) is 4.86. The molecule has 0 radical (unpaired) electrons. The van der Waals surface area contributed by atoms with E-state index in [0.717, 1.165) is 0 Å². The first kappa shape index (κ1) is 6.80. The highest BCUT2D eigenvalue weighted by atomic mass is 16.7. The van der Waals surface area contributed by atoms with Crippen molar-refractivity contribution < 1.29 is 9.47 Å². The molecule has 0 unspecified atom stereocenters. The monoisotopic (exact) mass is 140 g/mol. The van der Waals surface area contributed by atoms with E-state index in [9.17, 15) is 0 Å². The predicted octanol–water partition coefficient (Wildman–Crippen LogP) is 1.42. The van der Waals surface area contributed by atoms with Crippen LogP contribution in [0.15, 0.2) is 28.9 Å². The molecule has 0 saturated carbocycles. The summed E-state index contributed by atoms with van der Waals surface area (Å²) in [6.07, 6.45) is 3.27. The zero-order valence-electron chi connectivity index (χ0n) is 5.63. The summed E-state index contributed by atoms with van der Waals surface area (Å²) in [5, 5.41) is 3.22. The van der Waals surface area contributed by atoms with Crippen molar-refractivity contribution in [2.45, 2.75) is 0 Å². The SMILES string of the molecule is COC1=CC(N=N)=CCO1. The molecule has 4 heteroatoms. The van der Waals surface area contributed by atoms with Gasteiger partial charge in [0.2, 0.25) is 0 Å². The Balaban J connectivity index is 2.70. The highest BCUT2D eigenvalue weighted by molar-refractivity contribution is 5.19. The van der Waals surface area contributed by atoms with Crippen LogP contribution in [0.25, 0.3) is 0 Å². The molecule has 0 aliphatic carbocycles. The molecule has 0 aromatic rings. The first-order valence-electron chi connectivity index (χ1n) is 2.83. The molecule has 1 N–H and O–H groups in total. The predicted molar refractivity (Wildman–Crippen MR) is 34.3 cm³/mol. The molecule has 1 aliphatic heterocycles. The lowest BCUT2D eigenvalue weighted by Gasteiger charge is -2.10. The van der Waals surface area contributed by atoms with Gasteiger partial charge in [0.15, 0.2) is 0 Å². The lowest BCUT2D eigenvalue weighted by atomic mass is 10.3. The summed E-state index contributed by atoms with van der Waals surface area (Å²) >= 11 is 0. The van der Waals surface area contributed by atoms with Crippen molar-refractivity contribution in [1.82, 2.24) is 0 Å². The van der Waals surface area contributed by atoms with Crippen molar-refractivity contribution in [2.75, 3.05) is 13.7 Å². The zero-order chi connectivity index (χ0) is 7.40. The molecule has 1 rings (SSSR count). The lowest BCUT2D eigenvalue weighted by Crippen LogP contribution is -2.00. The minimum Gasteiger partial charge on any atom is -0.469 e. The van der Waals surface area contributed by atoms with Crippen molar-refractivity contribution in [3.05, 3.63) is 23.8 Å². The summed E-state index contributed by atoms with van der Waals surface area (Å²) in [7, 11) is 1.51. The topological polar surface area (TPSA) is 54.7 Å². The minimum atomic E-state index is 0.411. The molecule has 54 valence electrons. The number of hydrogen-bond donors (Lipinski definition) is 1. The summed E-state index contributed by atoms with van der Waals surface area (Å²) in [5.74, 6) is 0.411. The Bertz CT molecular complexity index is 196. The molecule has 0 fully saturated rings. The van der Waals surface area contributed by atoms with Crippen LogP contribution in [-0.2, 0) is 9.47 Å². The Labute approximate surface area is 58.6 Å². The molecular weight excluding hydrogens is 132 g/mol. The molecule has 1 heterocycles. The smallest absolute Gasteiger partial charge is 0.281 e. The van der Waals surface area contributed by atoms with Gasteiger partial charge in [-0.1, -0.05) is 0 Å². The second-order valence-corrected chi connectivity index (χ2v) is 1.72. The van der Waals surface area contributed by atoms with Gasteiger partial charge in [0.1, 0.15) is 6.61 Å². The Morgan fingerprint density at radius 1 is 1.80 bits per heavy atom. The van der Waals surface area contributed by atoms with E-state index in [-0.39, 0.29) is 0 Å². The van der Waals surface area contributed by atoms with Crippen molar-refractivity contribution in [3.8, 4) is 0 Å².